The summed E-state index contributed by atoms with van der Waals surface area (Å²) in [4.78, 5) is 2.43. The van der Waals surface area contributed by atoms with E-state index >= 15 is 0 Å². The van der Waals surface area contributed by atoms with Crippen LogP contribution in [0.1, 0.15) is 47.7 Å². The van der Waals surface area contributed by atoms with E-state index in [0.29, 0.717) is 5.82 Å². The van der Waals surface area contributed by atoms with Crippen molar-refractivity contribution in [3.8, 4) is 5.69 Å². The monoisotopic (exact) mass is 426 g/mol. The number of anilines is 1. The largest absolute Gasteiger partial charge is 0.418 e. The normalized spacial score (nSPS) is 19.3. The SMILES string of the molecule is FC(F)(F)c1ccccc1-n1nc(C2CCCCN2Cc2ccccc2)c2c1NCC2. The van der Waals surface area contributed by atoms with Crippen molar-refractivity contribution in [3.05, 3.63) is 77.0 Å². The summed E-state index contributed by atoms with van der Waals surface area (Å²) in [5.74, 6) is 0.705. The number of hydrogen-bond acceptors (Lipinski definition) is 3. The van der Waals surface area contributed by atoms with E-state index in [1.807, 2.05) is 18.2 Å². The topological polar surface area (TPSA) is 33.1 Å². The Labute approximate surface area is 179 Å². The lowest BCUT2D eigenvalue weighted by molar-refractivity contribution is -0.137. The van der Waals surface area contributed by atoms with Gasteiger partial charge < -0.3 is 5.32 Å². The first-order valence-corrected chi connectivity index (χ1v) is 10.8. The van der Waals surface area contributed by atoms with Gasteiger partial charge in [0.15, 0.2) is 0 Å². The van der Waals surface area contributed by atoms with Crippen molar-refractivity contribution < 1.29 is 13.2 Å². The Hall–Kier alpha value is -2.80. The van der Waals surface area contributed by atoms with Gasteiger partial charge in [0.05, 0.1) is 23.0 Å². The zero-order valence-corrected chi connectivity index (χ0v) is 17.2. The molecule has 3 aromatic rings. The molecular formula is C24H25F3N4. The third-order valence-corrected chi connectivity index (χ3v) is 6.28. The molecule has 7 heteroatoms. The molecule has 2 aliphatic rings. The Kier molecular flexibility index (Phi) is 5.22. The molecule has 2 aliphatic heterocycles. The van der Waals surface area contributed by atoms with Crippen LogP contribution < -0.4 is 5.32 Å². The highest BCUT2D eigenvalue weighted by molar-refractivity contribution is 5.59. The molecule has 1 fully saturated rings. The molecule has 1 unspecified atom stereocenters. The van der Waals surface area contributed by atoms with Gasteiger partial charge in [0, 0.05) is 18.7 Å². The van der Waals surface area contributed by atoms with E-state index in [9.17, 15) is 13.2 Å². The maximum absolute atomic E-state index is 13.7. The molecule has 0 saturated carbocycles. The molecule has 0 bridgehead atoms. The van der Waals surface area contributed by atoms with E-state index in [1.54, 1.807) is 6.07 Å². The summed E-state index contributed by atoms with van der Waals surface area (Å²) in [6, 6.07) is 16.1. The first kappa shape index (κ1) is 20.1. The quantitative estimate of drug-likeness (QED) is 0.591. The maximum Gasteiger partial charge on any atom is 0.418 e. The molecule has 2 aromatic carbocycles. The van der Waals surface area contributed by atoms with Crippen LogP contribution >= 0.6 is 0 Å². The van der Waals surface area contributed by atoms with Crippen molar-refractivity contribution in [2.24, 2.45) is 0 Å². The average molecular weight is 426 g/mol. The van der Waals surface area contributed by atoms with Gasteiger partial charge in [-0.25, -0.2) is 4.68 Å². The van der Waals surface area contributed by atoms with Crippen molar-refractivity contribution in [1.82, 2.24) is 14.7 Å². The highest BCUT2D eigenvalue weighted by Crippen LogP contribution is 2.41. The lowest BCUT2D eigenvalue weighted by atomic mass is 9.95. The molecule has 4 nitrogen and oxygen atoms in total. The van der Waals surface area contributed by atoms with Gasteiger partial charge in [0.25, 0.3) is 0 Å². The lowest BCUT2D eigenvalue weighted by Gasteiger charge is -2.35. The first-order valence-electron chi connectivity index (χ1n) is 10.8. The minimum Gasteiger partial charge on any atom is -0.369 e. The van der Waals surface area contributed by atoms with Crippen LogP contribution in [0.5, 0.6) is 0 Å². The number of hydrogen-bond donors (Lipinski definition) is 1. The maximum atomic E-state index is 13.7. The summed E-state index contributed by atoms with van der Waals surface area (Å²) >= 11 is 0. The molecule has 3 heterocycles. The van der Waals surface area contributed by atoms with Crippen LogP contribution in [0, 0.1) is 0 Å². The van der Waals surface area contributed by atoms with Crippen LogP contribution in [0.3, 0.4) is 0 Å². The molecule has 1 atom stereocenters. The average Bonchev–Trinajstić information content (AvgIpc) is 3.37. The Balaban J connectivity index is 1.55. The zero-order chi connectivity index (χ0) is 21.4. The zero-order valence-electron chi connectivity index (χ0n) is 17.2. The first-order chi connectivity index (χ1) is 15.0. The van der Waals surface area contributed by atoms with E-state index in [0.717, 1.165) is 62.6 Å². The number of alkyl halides is 3. The summed E-state index contributed by atoms with van der Waals surface area (Å²) in [6.07, 6.45) is -0.449. The minimum absolute atomic E-state index is 0.0809. The highest BCUT2D eigenvalue weighted by Gasteiger charge is 2.37. The molecule has 0 radical (unpaired) electrons. The molecule has 5 rings (SSSR count). The molecular weight excluding hydrogens is 401 g/mol. The molecule has 0 aliphatic carbocycles. The fourth-order valence-corrected chi connectivity index (χ4v) is 4.85. The van der Waals surface area contributed by atoms with Crippen LogP contribution in [0.2, 0.25) is 0 Å². The van der Waals surface area contributed by atoms with Gasteiger partial charge in [-0.1, -0.05) is 48.9 Å². The molecule has 31 heavy (non-hydrogen) atoms. The number of halogens is 3. The summed E-state index contributed by atoms with van der Waals surface area (Å²) in [5.41, 5.74) is 2.64. The summed E-state index contributed by atoms with van der Waals surface area (Å²) < 4.78 is 42.5. The predicted molar refractivity (Wildman–Crippen MR) is 114 cm³/mol. The van der Waals surface area contributed by atoms with Crippen molar-refractivity contribution in [1.29, 1.82) is 0 Å². The van der Waals surface area contributed by atoms with Gasteiger partial charge >= 0.3 is 6.18 Å². The van der Waals surface area contributed by atoms with E-state index in [4.69, 9.17) is 5.10 Å². The lowest BCUT2D eigenvalue weighted by Crippen LogP contribution is -2.33. The molecule has 1 N–H and O–H groups in total. The smallest absolute Gasteiger partial charge is 0.369 e. The Morgan fingerprint density at radius 3 is 2.58 bits per heavy atom. The van der Waals surface area contributed by atoms with Gasteiger partial charge in [-0.2, -0.15) is 18.3 Å². The van der Waals surface area contributed by atoms with E-state index in [2.05, 4.69) is 22.3 Å². The summed E-state index contributed by atoms with van der Waals surface area (Å²) in [6.45, 7) is 2.51. The van der Waals surface area contributed by atoms with Gasteiger partial charge in [-0.05, 0) is 43.5 Å². The number of likely N-dealkylation sites (tertiary alicyclic amines) is 1. The Morgan fingerprint density at radius 1 is 1.00 bits per heavy atom. The Morgan fingerprint density at radius 2 is 1.77 bits per heavy atom. The van der Waals surface area contributed by atoms with Crippen molar-refractivity contribution in [3.63, 3.8) is 0 Å². The molecule has 1 aromatic heterocycles. The molecule has 162 valence electrons. The third-order valence-electron chi connectivity index (χ3n) is 6.28. The molecule has 0 amide bonds. The predicted octanol–water partition coefficient (Wildman–Crippen LogP) is 5.59. The van der Waals surface area contributed by atoms with Crippen molar-refractivity contribution >= 4 is 5.82 Å². The fourth-order valence-electron chi connectivity index (χ4n) is 4.85. The van der Waals surface area contributed by atoms with Gasteiger partial charge in [-0.15, -0.1) is 0 Å². The van der Waals surface area contributed by atoms with Crippen LogP contribution in [0.15, 0.2) is 54.6 Å². The molecule has 1 saturated heterocycles. The van der Waals surface area contributed by atoms with E-state index in [-0.39, 0.29) is 11.7 Å². The van der Waals surface area contributed by atoms with E-state index in [1.165, 1.54) is 22.4 Å². The standard InChI is InChI=1S/C24H25F3N4/c25-24(26,27)19-10-4-5-11-20(19)31-23-18(13-14-28-23)22(29-31)21-12-6-7-15-30(21)16-17-8-2-1-3-9-17/h1-5,8-11,21,28H,6-7,12-16H2. The van der Waals surface area contributed by atoms with Gasteiger partial charge in [-0.3, -0.25) is 4.90 Å². The number of nitrogens with zero attached hydrogens (tertiary/aromatic N) is 3. The number of aromatic nitrogens is 2. The van der Waals surface area contributed by atoms with Gasteiger partial charge in [0.1, 0.15) is 5.82 Å². The number of rotatable bonds is 4. The summed E-state index contributed by atoms with van der Waals surface area (Å²) in [5, 5.41) is 8.09. The van der Waals surface area contributed by atoms with Crippen molar-refractivity contribution in [2.75, 3.05) is 18.4 Å². The second-order valence-electron chi connectivity index (χ2n) is 8.28. The number of nitrogens with one attached hydrogen (secondary N) is 1. The number of piperidine rings is 1. The van der Waals surface area contributed by atoms with Crippen LogP contribution in [-0.4, -0.2) is 27.8 Å². The van der Waals surface area contributed by atoms with Crippen LogP contribution in [0.4, 0.5) is 19.0 Å². The second kappa shape index (κ2) is 8.04. The van der Waals surface area contributed by atoms with Crippen LogP contribution in [-0.2, 0) is 19.1 Å². The molecule has 0 spiro atoms. The second-order valence-corrected chi connectivity index (χ2v) is 8.28. The van der Waals surface area contributed by atoms with Crippen molar-refractivity contribution in [2.45, 2.75) is 44.4 Å². The van der Waals surface area contributed by atoms with E-state index < -0.39 is 11.7 Å². The van der Waals surface area contributed by atoms with Crippen LogP contribution in [0.25, 0.3) is 5.69 Å². The number of fused-ring (bicyclic) bond motifs is 1. The third kappa shape index (κ3) is 3.82. The number of para-hydroxylation sites is 1. The highest BCUT2D eigenvalue weighted by atomic mass is 19.4. The van der Waals surface area contributed by atoms with Gasteiger partial charge in [0.2, 0.25) is 0 Å². The minimum atomic E-state index is -4.43. The Bertz CT molecular complexity index is 1060. The summed E-state index contributed by atoms with van der Waals surface area (Å²) in [7, 11) is 0. The fraction of sp³-hybridized carbons (Fsp3) is 0.375. The number of benzene rings is 2.